The highest BCUT2D eigenvalue weighted by Gasteiger charge is 2.20. The van der Waals surface area contributed by atoms with Crippen molar-refractivity contribution in [2.75, 3.05) is 10.5 Å². The lowest BCUT2D eigenvalue weighted by molar-refractivity contribution is 0.600. The third-order valence-electron chi connectivity index (χ3n) is 3.13. The highest BCUT2D eigenvalue weighted by atomic mass is 32.2. The average molecular weight is 310 g/mol. The van der Waals surface area contributed by atoms with Crippen molar-refractivity contribution in [3.05, 3.63) is 40.1 Å². The lowest BCUT2D eigenvalue weighted by Gasteiger charge is -2.14. The van der Waals surface area contributed by atoms with Crippen LogP contribution in [0.5, 0.6) is 0 Å². The monoisotopic (exact) mass is 310 g/mol. The molecule has 4 nitrogen and oxygen atoms in total. The van der Waals surface area contributed by atoms with Gasteiger partial charge in [0.25, 0.3) is 10.0 Å². The van der Waals surface area contributed by atoms with Crippen LogP contribution >= 0.6 is 11.3 Å². The fourth-order valence-corrected chi connectivity index (χ4v) is 4.18. The Kier molecular flexibility index (Phi) is 4.35. The van der Waals surface area contributed by atoms with Gasteiger partial charge in [-0.2, -0.15) is 11.3 Å². The third-order valence-corrected chi connectivity index (χ3v) is 5.26. The van der Waals surface area contributed by atoms with Crippen molar-refractivity contribution < 1.29 is 8.42 Å². The quantitative estimate of drug-likeness (QED) is 0.833. The van der Waals surface area contributed by atoms with Gasteiger partial charge < -0.3 is 5.73 Å². The molecule has 0 saturated carbocycles. The highest BCUT2D eigenvalue weighted by Crippen LogP contribution is 2.27. The molecule has 6 heteroatoms. The van der Waals surface area contributed by atoms with E-state index in [2.05, 4.69) is 4.72 Å². The number of nitrogen functional groups attached to an aromatic ring is 1. The van der Waals surface area contributed by atoms with E-state index in [1.165, 1.54) is 11.3 Å². The number of sulfonamides is 1. The molecule has 1 aromatic carbocycles. The summed E-state index contributed by atoms with van der Waals surface area (Å²) in [5.41, 5.74) is 8.70. The van der Waals surface area contributed by atoms with Crippen LogP contribution in [-0.2, 0) is 22.9 Å². The predicted molar refractivity (Wildman–Crippen MR) is 84.7 cm³/mol. The molecule has 108 valence electrons. The fourth-order valence-electron chi connectivity index (χ4n) is 2.08. The molecule has 0 aliphatic rings. The molecular weight excluding hydrogens is 292 g/mol. The molecule has 20 heavy (non-hydrogen) atoms. The van der Waals surface area contributed by atoms with Crippen LogP contribution in [0, 0.1) is 0 Å². The summed E-state index contributed by atoms with van der Waals surface area (Å²) in [6.45, 7) is 3.88. The molecule has 0 atom stereocenters. The number of nitrogens with one attached hydrogen (secondary N) is 1. The van der Waals surface area contributed by atoms with E-state index in [1.54, 1.807) is 17.5 Å². The summed E-state index contributed by atoms with van der Waals surface area (Å²) in [6, 6.07) is 5.30. The van der Waals surface area contributed by atoms with Gasteiger partial charge in [0.15, 0.2) is 0 Å². The van der Waals surface area contributed by atoms with Gasteiger partial charge in [-0.3, -0.25) is 4.72 Å². The van der Waals surface area contributed by atoms with Crippen molar-refractivity contribution in [2.45, 2.75) is 31.6 Å². The number of hydrogen-bond acceptors (Lipinski definition) is 4. The number of anilines is 2. The summed E-state index contributed by atoms with van der Waals surface area (Å²) in [5, 5.41) is 3.59. The van der Waals surface area contributed by atoms with Gasteiger partial charge in [-0.05, 0) is 47.5 Å². The minimum absolute atomic E-state index is 0.281. The number of thiophene rings is 1. The molecule has 2 rings (SSSR count). The maximum Gasteiger partial charge on any atom is 0.262 e. The molecule has 0 spiro atoms. The summed E-state index contributed by atoms with van der Waals surface area (Å²) >= 11 is 1.44. The smallest absolute Gasteiger partial charge is 0.262 e. The van der Waals surface area contributed by atoms with Crippen molar-refractivity contribution in [3.8, 4) is 0 Å². The second kappa shape index (κ2) is 5.85. The van der Waals surface area contributed by atoms with Crippen molar-refractivity contribution in [1.82, 2.24) is 0 Å². The van der Waals surface area contributed by atoms with E-state index in [-0.39, 0.29) is 4.90 Å². The Balaban J connectivity index is 2.52. The lowest BCUT2D eigenvalue weighted by atomic mass is 10.1. The van der Waals surface area contributed by atoms with E-state index in [1.807, 2.05) is 25.3 Å². The Hall–Kier alpha value is -1.53. The van der Waals surface area contributed by atoms with Crippen LogP contribution in [0.25, 0.3) is 0 Å². The Morgan fingerprint density at radius 1 is 1.25 bits per heavy atom. The first-order chi connectivity index (χ1) is 9.47. The molecule has 0 aliphatic heterocycles. The second-order valence-corrected chi connectivity index (χ2v) is 6.92. The van der Waals surface area contributed by atoms with Crippen LogP contribution < -0.4 is 10.5 Å². The first-order valence-corrected chi connectivity index (χ1v) is 8.86. The summed E-state index contributed by atoms with van der Waals surface area (Å²) in [4.78, 5) is 0.281. The van der Waals surface area contributed by atoms with Gasteiger partial charge in [0.1, 0.15) is 0 Å². The summed E-state index contributed by atoms with van der Waals surface area (Å²) < 4.78 is 27.7. The zero-order chi connectivity index (χ0) is 14.8. The van der Waals surface area contributed by atoms with Crippen LogP contribution in [0.3, 0.4) is 0 Å². The lowest BCUT2D eigenvalue weighted by Crippen LogP contribution is -2.16. The molecular formula is C14H18N2O2S2. The van der Waals surface area contributed by atoms with Gasteiger partial charge in [-0.25, -0.2) is 8.42 Å². The number of benzene rings is 1. The van der Waals surface area contributed by atoms with E-state index in [9.17, 15) is 8.42 Å². The minimum atomic E-state index is -3.60. The summed E-state index contributed by atoms with van der Waals surface area (Å²) in [5.74, 6) is 0. The van der Waals surface area contributed by atoms with Gasteiger partial charge in [0.2, 0.25) is 0 Å². The van der Waals surface area contributed by atoms with Crippen molar-refractivity contribution in [2.24, 2.45) is 0 Å². The molecule has 1 aromatic heterocycles. The van der Waals surface area contributed by atoms with Crippen LogP contribution in [0.4, 0.5) is 11.4 Å². The standard InChI is InChI=1S/C14H18N2O2S2/c1-3-10-7-13(15)12(4-2)14(8-10)20(17,18)16-11-5-6-19-9-11/h5-9,16H,3-4,15H2,1-2H3. The Morgan fingerprint density at radius 2 is 2.00 bits per heavy atom. The molecule has 0 unspecified atom stereocenters. The van der Waals surface area contributed by atoms with Gasteiger partial charge in [0, 0.05) is 11.1 Å². The maximum absolute atomic E-state index is 12.5. The van der Waals surface area contributed by atoms with Crippen LogP contribution in [0.2, 0.25) is 0 Å². The average Bonchev–Trinajstić information content (AvgIpc) is 2.89. The van der Waals surface area contributed by atoms with Gasteiger partial charge in [0.05, 0.1) is 10.6 Å². The predicted octanol–water partition coefficient (Wildman–Crippen LogP) is 3.26. The van der Waals surface area contributed by atoms with Crippen molar-refractivity contribution >= 4 is 32.7 Å². The molecule has 0 fully saturated rings. The molecule has 0 aliphatic carbocycles. The first kappa shape index (κ1) is 14.9. The molecule has 0 amide bonds. The van der Waals surface area contributed by atoms with Crippen LogP contribution in [0.15, 0.2) is 33.9 Å². The Labute approximate surface area is 123 Å². The van der Waals surface area contributed by atoms with E-state index in [4.69, 9.17) is 5.73 Å². The van der Waals surface area contributed by atoms with Gasteiger partial charge in [-0.15, -0.1) is 0 Å². The maximum atomic E-state index is 12.5. The number of hydrogen-bond donors (Lipinski definition) is 2. The van der Waals surface area contributed by atoms with Crippen LogP contribution in [-0.4, -0.2) is 8.42 Å². The van der Waals surface area contributed by atoms with Crippen molar-refractivity contribution in [3.63, 3.8) is 0 Å². The molecule has 2 aromatic rings. The van der Waals surface area contributed by atoms with Gasteiger partial charge >= 0.3 is 0 Å². The van der Waals surface area contributed by atoms with E-state index in [0.29, 0.717) is 23.4 Å². The Bertz CT molecular complexity index is 692. The van der Waals surface area contributed by atoms with Crippen molar-refractivity contribution in [1.29, 1.82) is 0 Å². The largest absolute Gasteiger partial charge is 0.398 e. The zero-order valence-corrected chi connectivity index (χ0v) is 13.1. The Morgan fingerprint density at radius 3 is 2.55 bits per heavy atom. The first-order valence-electron chi connectivity index (χ1n) is 6.44. The fraction of sp³-hybridized carbons (Fsp3) is 0.286. The van der Waals surface area contributed by atoms with Gasteiger partial charge in [-0.1, -0.05) is 13.8 Å². The third kappa shape index (κ3) is 2.96. The van der Waals surface area contributed by atoms with E-state index in [0.717, 1.165) is 12.0 Å². The number of rotatable bonds is 5. The molecule has 0 radical (unpaired) electrons. The topological polar surface area (TPSA) is 72.2 Å². The molecule has 3 N–H and O–H groups in total. The zero-order valence-electron chi connectivity index (χ0n) is 11.5. The SMILES string of the molecule is CCc1cc(N)c(CC)c(S(=O)(=O)Nc2ccsc2)c1. The molecule has 1 heterocycles. The van der Waals surface area contributed by atoms with E-state index < -0.39 is 10.0 Å². The number of aryl methyl sites for hydroxylation is 1. The molecule has 0 bridgehead atoms. The van der Waals surface area contributed by atoms with Crippen LogP contribution in [0.1, 0.15) is 25.0 Å². The second-order valence-electron chi connectivity index (χ2n) is 4.49. The molecule has 0 saturated heterocycles. The normalized spacial score (nSPS) is 11.5. The number of nitrogens with two attached hydrogens (primary N) is 1. The minimum Gasteiger partial charge on any atom is -0.398 e. The van der Waals surface area contributed by atoms with E-state index >= 15 is 0 Å². The highest BCUT2D eigenvalue weighted by molar-refractivity contribution is 7.92. The summed E-state index contributed by atoms with van der Waals surface area (Å²) in [6.07, 6.45) is 1.32. The summed E-state index contributed by atoms with van der Waals surface area (Å²) in [7, 11) is -3.60.